The summed E-state index contributed by atoms with van der Waals surface area (Å²) < 4.78 is 0. The van der Waals surface area contributed by atoms with Crippen molar-refractivity contribution in [3.05, 3.63) is 30.3 Å². The Labute approximate surface area is 95.9 Å². The molecule has 0 aliphatic heterocycles. The molecule has 1 saturated carbocycles. The fourth-order valence-electron chi connectivity index (χ4n) is 2.10. The highest BCUT2D eigenvalue weighted by Gasteiger charge is 2.22. The summed E-state index contributed by atoms with van der Waals surface area (Å²) in [6.45, 7) is 0. The molecule has 1 aromatic rings. The molecule has 0 radical (unpaired) electrons. The zero-order valence-corrected chi connectivity index (χ0v) is 9.75. The van der Waals surface area contributed by atoms with Crippen LogP contribution in [0.1, 0.15) is 25.7 Å². The predicted octanol–water partition coefficient (Wildman–Crippen LogP) is 3.33. The largest absolute Gasteiger partial charge is 0.393 e. The van der Waals surface area contributed by atoms with Gasteiger partial charge in [-0.25, -0.2) is 0 Å². The van der Waals surface area contributed by atoms with Crippen molar-refractivity contribution in [3.63, 3.8) is 0 Å². The minimum absolute atomic E-state index is 0.0602. The first kappa shape index (κ1) is 11.0. The van der Waals surface area contributed by atoms with E-state index in [0.29, 0.717) is 5.92 Å². The first-order chi connectivity index (χ1) is 7.36. The van der Waals surface area contributed by atoms with E-state index in [9.17, 15) is 5.11 Å². The maximum absolute atomic E-state index is 9.83. The summed E-state index contributed by atoms with van der Waals surface area (Å²) >= 11 is 1.87. The average molecular weight is 222 g/mol. The number of thioether (sulfide) groups is 1. The van der Waals surface area contributed by atoms with Gasteiger partial charge in [0.15, 0.2) is 0 Å². The van der Waals surface area contributed by atoms with E-state index in [0.717, 1.165) is 12.2 Å². The first-order valence-electron chi connectivity index (χ1n) is 5.72. The Balaban J connectivity index is 1.82. The van der Waals surface area contributed by atoms with Crippen molar-refractivity contribution in [3.8, 4) is 0 Å². The summed E-state index contributed by atoms with van der Waals surface area (Å²) in [5.74, 6) is 1.56. The molecule has 0 bridgehead atoms. The van der Waals surface area contributed by atoms with Gasteiger partial charge < -0.3 is 5.11 Å². The maximum atomic E-state index is 9.83. The van der Waals surface area contributed by atoms with E-state index >= 15 is 0 Å². The van der Waals surface area contributed by atoms with Crippen molar-refractivity contribution in [1.82, 2.24) is 0 Å². The SMILES string of the molecule is O[C@@H]1CCCC[C@H]1CSc1ccccc1. The molecule has 0 amide bonds. The van der Waals surface area contributed by atoms with Gasteiger partial charge in [-0.2, -0.15) is 0 Å². The zero-order chi connectivity index (χ0) is 10.5. The lowest BCUT2D eigenvalue weighted by molar-refractivity contribution is 0.0816. The van der Waals surface area contributed by atoms with Crippen LogP contribution in [-0.4, -0.2) is 17.0 Å². The maximum Gasteiger partial charge on any atom is 0.0576 e. The average Bonchev–Trinajstić information content (AvgIpc) is 2.29. The minimum atomic E-state index is -0.0602. The number of aliphatic hydroxyl groups is 1. The molecule has 2 atom stereocenters. The first-order valence-corrected chi connectivity index (χ1v) is 6.71. The molecule has 1 N–H and O–H groups in total. The van der Waals surface area contributed by atoms with Crippen LogP contribution in [-0.2, 0) is 0 Å². The van der Waals surface area contributed by atoms with Gasteiger partial charge in [-0.3, -0.25) is 0 Å². The normalized spacial score (nSPS) is 26.5. The highest BCUT2D eigenvalue weighted by molar-refractivity contribution is 7.99. The van der Waals surface area contributed by atoms with Crippen LogP contribution >= 0.6 is 11.8 Å². The van der Waals surface area contributed by atoms with E-state index in [-0.39, 0.29) is 6.10 Å². The minimum Gasteiger partial charge on any atom is -0.393 e. The number of benzene rings is 1. The highest BCUT2D eigenvalue weighted by Crippen LogP contribution is 2.30. The summed E-state index contributed by atoms with van der Waals surface area (Å²) in [7, 11) is 0. The second kappa shape index (κ2) is 5.57. The van der Waals surface area contributed by atoms with Crippen molar-refractivity contribution >= 4 is 11.8 Å². The molecule has 0 saturated heterocycles. The zero-order valence-electron chi connectivity index (χ0n) is 8.93. The number of hydrogen-bond acceptors (Lipinski definition) is 2. The molecule has 2 heteroatoms. The van der Waals surface area contributed by atoms with Crippen molar-refractivity contribution in [1.29, 1.82) is 0 Å². The second-order valence-electron chi connectivity index (χ2n) is 4.24. The number of aliphatic hydroxyl groups excluding tert-OH is 1. The van der Waals surface area contributed by atoms with Crippen molar-refractivity contribution in [2.24, 2.45) is 5.92 Å². The van der Waals surface area contributed by atoms with Crippen LogP contribution < -0.4 is 0 Å². The summed E-state index contributed by atoms with van der Waals surface area (Å²) in [5, 5.41) is 9.83. The highest BCUT2D eigenvalue weighted by atomic mass is 32.2. The fourth-order valence-corrected chi connectivity index (χ4v) is 3.25. The smallest absolute Gasteiger partial charge is 0.0576 e. The number of hydrogen-bond donors (Lipinski definition) is 1. The molecular formula is C13H18OS. The molecule has 1 aliphatic carbocycles. The Bertz CT molecular complexity index is 286. The van der Waals surface area contributed by atoms with Gasteiger partial charge in [0.1, 0.15) is 0 Å². The van der Waals surface area contributed by atoms with E-state index in [2.05, 4.69) is 24.3 Å². The van der Waals surface area contributed by atoms with E-state index < -0.39 is 0 Å². The summed E-state index contributed by atoms with van der Waals surface area (Å²) in [6.07, 6.45) is 4.63. The van der Waals surface area contributed by atoms with Gasteiger partial charge in [-0.05, 0) is 30.9 Å². The van der Waals surface area contributed by atoms with Gasteiger partial charge >= 0.3 is 0 Å². The monoisotopic (exact) mass is 222 g/mol. The van der Waals surface area contributed by atoms with E-state index in [1.807, 2.05) is 17.8 Å². The predicted molar refractivity (Wildman–Crippen MR) is 65.1 cm³/mol. The third-order valence-corrected chi connectivity index (χ3v) is 4.28. The molecule has 1 fully saturated rings. The van der Waals surface area contributed by atoms with Crippen LogP contribution in [0.2, 0.25) is 0 Å². The van der Waals surface area contributed by atoms with Crippen LogP contribution in [0.3, 0.4) is 0 Å². The van der Waals surface area contributed by atoms with E-state index in [1.165, 1.54) is 24.2 Å². The Morgan fingerprint density at radius 1 is 1.13 bits per heavy atom. The van der Waals surface area contributed by atoms with Crippen molar-refractivity contribution < 1.29 is 5.11 Å². The Kier molecular flexibility index (Phi) is 4.09. The van der Waals surface area contributed by atoms with Crippen LogP contribution in [0.4, 0.5) is 0 Å². The van der Waals surface area contributed by atoms with E-state index in [1.54, 1.807) is 0 Å². The molecule has 0 heterocycles. The van der Waals surface area contributed by atoms with Gasteiger partial charge in [0.2, 0.25) is 0 Å². The van der Waals surface area contributed by atoms with Gasteiger partial charge in [0.25, 0.3) is 0 Å². The molecular weight excluding hydrogens is 204 g/mol. The van der Waals surface area contributed by atoms with Crippen LogP contribution in [0.5, 0.6) is 0 Å². The van der Waals surface area contributed by atoms with Crippen LogP contribution in [0.15, 0.2) is 35.2 Å². The lowest BCUT2D eigenvalue weighted by Gasteiger charge is -2.27. The molecule has 2 rings (SSSR count). The van der Waals surface area contributed by atoms with Crippen LogP contribution in [0, 0.1) is 5.92 Å². The molecule has 1 aromatic carbocycles. The second-order valence-corrected chi connectivity index (χ2v) is 5.33. The molecule has 1 nitrogen and oxygen atoms in total. The van der Waals surface area contributed by atoms with Gasteiger partial charge in [0, 0.05) is 10.6 Å². The third-order valence-electron chi connectivity index (χ3n) is 3.08. The van der Waals surface area contributed by atoms with Gasteiger partial charge in [0.05, 0.1) is 6.10 Å². The summed E-state index contributed by atoms with van der Waals surface area (Å²) in [6, 6.07) is 10.5. The molecule has 0 unspecified atom stereocenters. The standard InChI is InChI=1S/C13H18OS/c14-13-9-5-4-6-11(13)10-15-12-7-2-1-3-8-12/h1-3,7-8,11,13-14H,4-6,9-10H2/t11-,13+/m0/s1. The number of rotatable bonds is 3. The Morgan fingerprint density at radius 3 is 2.60 bits per heavy atom. The van der Waals surface area contributed by atoms with E-state index in [4.69, 9.17) is 0 Å². The van der Waals surface area contributed by atoms with Gasteiger partial charge in [-0.15, -0.1) is 11.8 Å². The molecule has 82 valence electrons. The van der Waals surface area contributed by atoms with Crippen LogP contribution in [0.25, 0.3) is 0 Å². The Hall–Kier alpha value is -0.470. The molecule has 0 aromatic heterocycles. The Morgan fingerprint density at radius 2 is 1.87 bits per heavy atom. The fraction of sp³-hybridized carbons (Fsp3) is 0.538. The molecule has 0 spiro atoms. The lowest BCUT2D eigenvalue weighted by Crippen LogP contribution is -2.26. The molecule has 15 heavy (non-hydrogen) atoms. The topological polar surface area (TPSA) is 20.2 Å². The van der Waals surface area contributed by atoms with Crippen molar-refractivity contribution in [2.45, 2.75) is 36.7 Å². The van der Waals surface area contributed by atoms with Gasteiger partial charge in [-0.1, -0.05) is 31.0 Å². The lowest BCUT2D eigenvalue weighted by atomic mass is 9.88. The third kappa shape index (κ3) is 3.25. The summed E-state index contributed by atoms with van der Waals surface area (Å²) in [5.41, 5.74) is 0. The van der Waals surface area contributed by atoms with Crippen molar-refractivity contribution in [2.75, 3.05) is 5.75 Å². The quantitative estimate of drug-likeness (QED) is 0.792. The molecule has 1 aliphatic rings. The summed E-state index contributed by atoms with van der Waals surface area (Å²) in [4.78, 5) is 1.32.